The number of carbonyl (C=O) groups is 1. The Morgan fingerprint density at radius 1 is 1.16 bits per heavy atom. The summed E-state index contributed by atoms with van der Waals surface area (Å²) in [6, 6.07) is 3.41. The van der Waals surface area contributed by atoms with Crippen LogP contribution in [-0.4, -0.2) is 27.3 Å². The fraction of sp³-hybridized carbons (Fsp3) is 0.308. The van der Waals surface area contributed by atoms with Gasteiger partial charge >= 0.3 is 0 Å². The first-order valence-corrected chi connectivity index (χ1v) is 5.15. The van der Waals surface area contributed by atoms with Crippen molar-refractivity contribution in [3.05, 3.63) is 30.4 Å². The Morgan fingerprint density at radius 3 is 2.05 bits per heavy atom. The van der Waals surface area contributed by atoms with E-state index in [1.807, 2.05) is 0 Å². The van der Waals surface area contributed by atoms with E-state index in [4.69, 9.17) is 18.9 Å². The average molecular weight is 518 g/mol. The van der Waals surface area contributed by atoms with Crippen LogP contribution in [0.25, 0.3) is 0 Å². The van der Waals surface area contributed by atoms with Gasteiger partial charge in [-0.1, -0.05) is 0 Å². The Kier molecular flexibility index (Phi) is 6.01. The summed E-state index contributed by atoms with van der Waals surface area (Å²) < 4.78 is 20.4. The predicted octanol–water partition coefficient (Wildman–Crippen LogP) is 1.74. The number of rotatable bonds is 6. The van der Waals surface area contributed by atoms with Crippen LogP contribution >= 0.6 is 0 Å². The van der Waals surface area contributed by atoms with E-state index in [-0.39, 0.29) is 6.61 Å². The van der Waals surface area contributed by atoms with Crippen molar-refractivity contribution in [3.63, 3.8) is 0 Å². The zero-order valence-corrected chi connectivity index (χ0v) is 17.7. The molecule has 0 radical (unpaired) electrons. The van der Waals surface area contributed by atoms with Crippen LogP contribution in [0.15, 0.2) is 18.7 Å². The Hall–Kier alpha value is -3.17. The van der Waals surface area contributed by atoms with Gasteiger partial charge in [0.25, 0.3) is 0 Å². The minimum atomic E-state index is -0.608. The molecule has 0 bridgehead atoms. The predicted molar refractivity (Wildman–Crippen MR) is 64.8 cm³/mol. The van der Waals surface area contributed by atoms with E-state index in [0.717, 1.165) is 0 Å². The molecule has 1 rings (SSSR count). The third-order valence-corrected chi connectivity index (χ3v) is 2.24. The summed E-state index contributed by atoms with van der Waals surface area (Å²) in [6.07, 6.45) is 2.12. The quantitative estimate of drug-likeness (QED) is 0.327. The first kappa shape index (κ1) is 15.8. The third-order valence-electron chi connectivity index (χ3n) is 2.24. The molecule has 0 aliphatic heterocycles. The van der Waals surface area contributed by atoms with Gasteiger partial charge in [-0.25, -0.2) is 0 Å². The second-order valence-corrected chi connectivity index (χ2v) is 3.29. The first-order valence-electron chi connectivity index (χ1n) is 5.15. The zero-order chi connectivity index (χ0) is 13.5. The standard InChI is InChI=1S/C13H15O5.Rf/c1-5-12(14)18-8-9-6-10(15-2)13(17-4)11(7-9)16-3;/h6-7H,1,8H2,2-4H3;/q-1;. The van der Waals surface area contributed by atoms with E-state index in [9.17, 15) is 4.79 Å². The fourth-order valence-electron chi connectivity index (χ4n) is 1.42. The van der Waals surface area contributed by atoms with Crippen molar-refractivity contribution >= 4 is 5.97 Å². The van der Waals surface area contributed by atoms with Crippen molar-refractivity contribution in [2.45, 2.75) is 6.61 Å². The molecule has 100 valence electrons. The molecule has 1 aromatic carbocycles. The van der Waals surface area contributed by atoms with E-state index < -0.39 is 5.97 Å². The largest absolute Gasteiger partial charge is 0.493 e. The molecule has 0 saturated heterocycles. The van der Waals surface area contributed by atoms with Crippen molar-refractivity contribution in [3.8, 4) is 17.2 Å². The van der Waals surface area contributed by atoms with Crippen LogP contribution < -0.4 is 14.2 Å². The monoisotopic (exact) mass is 518 g/mol. The summed E-state index contributed by atoms with van der Waals surface area (Å²) in [7, 11) is 4.56. The second kappa shape index (κ2) is 7.21. The molecule has 0 spiro atoms. The van der Waals surface area contributed by atoms with E-state index in [0.29, 0.717) is 22.8 Å². The number of hydrogen-bond donors (Lipinski definition) is 0. The van der Waals surface area contributed by atoms with E-state index in [2.05, 4.69) is 12.7 Å². The Labute approximate surface area is 106 Å². The van der Waals surface area contributed by atoms with Gasteiger partial charge in [-0.15, -0.1) is 0 Å². The molecule has 0 aromatic heterocycles. The number of carbonyl (C=O) groups excluding carboxylic acids is 1. The molecular formula is C13H15O5Rf-. The molecule has 1 aromatic rings. The van der Waals surface area contributed by atoms with Gasteiger partial charge in [0, 0.05) is 0 Å². The van der Waals surface area contributed by atoms with Crippen molar-refractivity contribution in [1.82, 2.24) is 0 Å². The number of methoxy groups -OCH3 is 3. The molecule has 0 N–H and O–H groups in total. The van der Waals surface area contributed by atoms with Crippen LogP contribution in [0.2, 0.25) is 0 Å². The second-order valence-electron chi connectivity index (χ2n) is 3.29. The van der Waals surface area contributed by atoms with E-state index in [1.54, 1.807) is 12.1 Å². The van der Waals surface area contributed by atoms with Gasteiger partial charge < -0.3 is 25.0 Å². The van der Waals surface area contributed by atoms with Crippen molar-refractivity contribution in [2.24, 2.45) is 0 Å². The topological polar surface area (TPSA) is 54.0 Å². The van der Waals surface area contributed by atoms with E-state index >= 15 is 0 Å². The van der Waals surface area contributed by atoms with Crippen molar-refractivity contribution < 1.29 is 23.7 Å². The van der Waals surface area contributed by atoms with Crippen LogP contribution in [0.1, 0.15) is 5.56 Å². The number of ether oxygens (including phenoxy) is 4. The Bertz CT molecular complexity index is 420. The molecule has 0 unspecified atom stereocenters. The molecule has 0 saturated carbocycles. The minimum absolute atomic E-state index is 0. The third kappa shape index (κ3) is 3.66. The van der Waals surface area contributed by atoms with Crippen molar-refractivity contribution in [1.29, 1.82) is 0 Å². The SMILES string of the molecule is C=[C-]C(=O)OCc1cc(OC)c(OC)c(OC)c1.[Rf]. The van der Waals surface area contributed by atoms with Crippen LogP contribution in [0, 0.1) is 6.08 Å². The van der Waals surface area contributed by atoms with Gasteiger partial charge in [-0.3, -0.25) is 11.4 Å². The molecule has 6 heteroatoms. The fourth-order valence-corrected chi connectivity index (χ4v) is 1.42. The van der Waals surface area contributed by atoms with Gasteiger partial charge in [0.1, 0.15) is 12.6 Å². The van der Waals surface area contributed by atoms with Crippen LogP contribution in [0.5, 0.6) is 17.2 Å². The normalized spacial score (nSPS) is 9.00. The van der Waals surface area contributed by atoms with Crippen LogP contribution in [-0.2, 0) is 16.1 Å². The van der Waals surface area contributed by atoms with Crippen molar-refractivity contribution in [2.75, 3.05) is 21.3 Å². The molecule has 0 aliphatic rings. The molecule has 0 aliphatic carbocycles. The van der Waals surface area contributed by atoms with Crippen LogP contribution in [0.4, 0.5) is 0 Å². The first-order chi connectivity index (χ1) is 8.65. The van der Waals surface area contributed by atoms with E-state index in [1.165, 1.54) is 21.3 Å². The number of benzene rings is 1. The summed E-state index contributed by atoms with van der Waals surface area (Å²) in [5.74, 6) is 0.894. The maximum atomic E-state index is 10.9. The summed E-state index contributed by atoms with van der Waals surface area (Å²) in [5.41, 5.74) is 0.716. The maximum absolute atomic E-state index is 10.9. The molecule has 0 fully saturated rings. The van der Waals surface area contributed by atoms with Gasteiger partial charge in [-0.05, 0) is 17.7 Å². The summed E-state index contributed by atoms with van der Waals surface area (Å²) in [5, 5.41) is 0. The zero-order valence-electron chi connectivity index (χ0n) is 11.3. The Morgan fingerprint density at radius 2 is 1.68 bits per heavy atom. The van der Waals surface area contributed by atoms with Gasteiger partial charge in [0.15, 0.2) is 11.5 Å². The minimum Gasteiger partial charge on any atom is -0.493 e. The Balaban J connectivity index is 0.00000324. The molecule has 0 amide bonds. The average Bonchev–Trinajstić information content (AvgIpc) is 2.43. The van der Waals surface area contributed by atoms with Gasteiger partial charge in [0.05, 0.1) is 21.3 Å². The smallest absolute Gasteiger partial charge is 0.203 e. The molecule has 5 nitrogen and oxygen atoms in total. The number of esters is 1. The molecule has 0 heterocycles. The summed E-state index contributed by atoms with van der Waals surface area (Å²) in [4.78, 5) is 10.9. The van der Waals surface area contributed by atoms with Gasteiger partial charge in [0.2, 0.25) is 5.75 Å². The van der Waals surface area contributed by atoms with Crippen LogP contribution in [0.3, 0.4) is 0 Å². The van der Waals surface area contributed by atoms with Gasteiger partial charge in [-0.2, -0.15) is 0 Å². The molecule has 19 heavy (non-hydrogen) atoms. The summed E-state index contributed by atoms with van der Waals surface area (Å²) in [6.45, 7) is 3.28. The molecular weight excluding hydrogens is 503 g/mol. The maximum Gasteiger partial charge on any atom is 0.203 e. The molecule has 0 atom stereocenters. The number of hydrogen-bond acceptors (Lipinski definition) is 5. The summed E-state index contributed by atoms with van der Waals surface area (Å²) >= 11 is 0.